The molecule has 0 aromatic heterocycles. The molecular formula is C10H9F3N2O2. The number of rotatable bonds is 2. The lowest BCUT2D eigenvalue weighted by atomic mass is 10.2. The Labute approximate surface area is 94.7 Å². The Hall–Kier alpha value is -2.05. The van der Waals surface area contributed by atoms with Crippen molar-refractivity contribution in [3.63, 3.8) is 0 Å². The van der Waals surface area contributed by atoms with Gasteiger partial charge in [0.15, 0.2) is 0 Å². The first kappa shape index (κ1) is 13.0. The van der Waals surface area contributed by atoms with Gasteiger partial charge in [0.05, 0.1) is 5.56 Å². The van der Waals surface area contributed by atoms with Crippen molar-refractivity contribution in [1.82, 2.24) is 0 Å². The van der Waals surface area contributed by atoms with Gasteiger partial charge in [-0.15, -0.1) is 0 Å². The van der Waals surface area contributed by atoms with Gasteiger partial charge in [-0.25, -0.2) is 0 Å². The number of hydrogen-bond donors (Lipinski definition) is 2. The lowest BCUT2D eigenvalue weighted by molar-refractivity contribution is -0.137. The molecule has 1 aromatic rings. The van der Waals surface area contributed by atoms with Crippen molar-refractivity contribution in [3.05, 3.63) is 29.8 Å². The Kier molecular flexibility index (Phi) is 3.72. The summed E-state index contributed by atoms with van der Waals surface area (Å²) in [5.41, 5.74) is -1.14. The van der Waals surface area contributed by atoms with Crippen molar-refractivity contribution >= 4 is 17.3 Å². The number of halogens is 3. The molecule has 0 unspecified atom stereocenters. The van der Waals surface area contributed by atoms with Crippen molar-refractivity contribution in [2.45, 2.75) is 13.1 Å². The summed E-state index contributed by atoms with van der Waals surface area (Å²) in [5.74, 6) is -0.771. The molecule has 1 aromatic carbocycles. The zero-order valence-electron chi connectivity index (χ0n) is 8.75. The van der Waals surface area contributed by atoms with E-state index < -0.39 is 17.6 Å². The van der Waals surface area contributed by atoms with E-state index in [4.69, 9.17) is 5.21 Å². The van der Waals surface area contributed by atoms with Crippen LogP contribution in [0, 0.1) is 0 Å². The predicted molar refractivity (Wildman–Crippen MR) is 55.0 cm³/mol. The summed E-state index contributed by atoms with van der Waals surface area (Å²) in [5, 5.41) is 13.1. The number of oxime groups is 1. The molecule has 4 nitrogen and oxygen atoms in total. The number of alkyl halides is 3. The predicted octanol–water partition coefficient (Wildman–Crippen LogP) is 2.49. The van der Waals surface area contributed by atoms with Crippen molar-refractivity contribution in [2.75, 3.05) is 5.32 Å². The van der Waals surface area contributed by atoms with Crippen LogP contribution in [0.2, 0.25) is 0 Å². The minimum Gasteiger partial charge on any atom is -0.410 e. The quantitative estimate of drug-likeness (QED) is 0.478. The molecule has 92 valence electrons. The van der Waals surface area contributed by atoms with Gasteiger partial charge < -0.3 is 10.5 Å². The van der Waals surface area contributed by atoms with E-state index in [1.165, 1.54) is 19.1 Å². The van der Waals surface area contributed by atoms with Gasteiger partial charge in [-0.2, -0.15) is 13.2 Å². The fraction of sp³-hybridized carbons (Fsp3) is 0.200. The molecule has 17 heavy (non-hydrogen) atoms. The number of nitrogens with one attached hydrogen (secondary N) is 1. The van der Waals surface area contributed by atoms with E-state index in [1.54, 1.807) is 0 Å². The molecule has 2 N–H and O–H groups in total. The van der Waals surface area contributed by atoms with Crippen molar-refractivity contribution in [1.29, 1.82) is 0 Å². The highest BCUT2D eigenvalue weighted by Gasteiger charge is 2.30. The zero-order chi connectivity index (χ0) is 13.1. The largest absolute Gasteiger partial charge is 0.416 e. The van der Waals surface area contributed by atoms with Gasteiger partial charge in [-0.1, -0.05) is 11.2 Å². The molecule has 0 aliphatic rings. The maximum Gasteiger partial charge on any atom is 0.416 e. The van der Waals surface area contributed by atoms with Crippen LogP contribution in [-0.2, 0) is 11.0 Å². The third-order valence-corrected chi connectivity index (χ3v) is 1.93. The van der Waals surface area contributed by atoms with Crippen molar-refractivity contribution in [3.8, 4) is 0 Å². The lowest BCUT2D eigenvalue weighted by Crippen LogP contribution is -2.20. The summed E-state index contributed by atoms with van der Waals surface area (Å²) >= 11 is 0. The second-order valence-corrected chi connectivity index (χ2v) is 3.22. The van der Waals surface area contributed by atoms with Crippen LogP contribution in [0.4, 0.5) is 18.9 Å². The number of hydrogen-bond acceptors (Lipinski definition) is 3. The molecule has 0 bridgehead atoms. The van der Waals surface area contributed by atoms with E-state index in [1.807, 2.05) is 0 Å². The van der Waals surface area contributed by atoms with E-state index in [-0.39, 0.29) is 11.4 Å². The van der Waals surface area contributed by atoms with Gasteiger partial charge in [0.2, 0.25) is 0 Å². The second kappa shape index (κ2) is 4.86. The molecule has 1 rings (SSSR count). The Balaban J connectivity index is 2.91. The van der Waals surface area contributed by atoms with Crippen LogP contribution in [0.1, 0.15) is 12.5 Å². The normalized spacial score (nSPS) is 12.4. The summed E-state index contributed by atoms with van der Waals surface area (Å²) in [7, 11) is 0. The maximum atomic E-state index is 12.4. The Bertz CT molecular complexity index is 455. The van der Waals surface area contributed by atoms with E-state index in [9.17, 15) is 18.0 Å². The Morgan fingerprint density at radius 3 is 2.59 bits per heavy atom. The summed E-state index contributed by atoms with van der Waals surface area (Å²) in [6.45, 7) is 1.23. The molecule has 1 amide bonds. The van der Waals surface area contributed by atoms with E-state index >= 15 is 0 Å². The molecule has 0 saturated carbocycles. The summed E-state index contributed by atoms with van der Waals surface area (Å²) in [6, 6.07) is 4.16. The van der Waals surface area contributed by atoms with Crippen LogP contribution in [0.25, 0.3) is 0 Å². The summed E-state index contributed by atoms with van der Waals surface area (Å²) < 4.78 is 37.1. The molecule has 0 radical (unpaired) electrons. The monoisotopic (exact) mass is 246 g/mol. The Morgan fingerprint density at radius 1 is 1.41 bits per heavy atom. The number of nitrogens with zero attached hydrogens (tertiary/aromatic N) is 1. The summed E-state index contributed by atoms with van der Waals surface area (Å²) in [6.07, 6.45) is -4.47. The smallest absolute Gasteiger partial charge is 0.410 e. The average Bonchev–Trinajstić information content (AvgIpc) is 2.27. The van der Waals surface area contributed by atoms with Crippen LogP contribution >= 0.6 is 0 Å². The molecule has 0 aliphatic carbocycles. The Morgan fingerprint density at radius 2 is 2.06 bits per heavy atom. The first-order valence-corrected chi connectivity index (χ1v) is 4.52. The minimum atomic E-state index is -4.47. The second-order valence-electron chi connectivity index (χ2n) is 3.22. The van der Waals surface area contributed by atoms with Crippen LogP contribution in [0.3, 0.4) is 0 Å². The standard InChI is InChI=1S/C10H9F3N2O2/c1-6(15-17)9(16)14-8-4-2-3-7(5-8)10(11,12)13/h2-5,17H,1H3,(H,14,16). The minimum absolute atomic E-state index is 0.0205. The fourth-order valence-corrected chi connectivity index (χ4v) is 1.04. The third-order valence-electron chi connectivity index (χ3n) is 1.93. The van der Waals surface area contributed by atoms with Crippen LogP contribution in [-0.4, -0.2) is 16.8 Å². The van der Waals surface area contributed by atoms with E-state index in [0.29, 0.717) is 0 Å². The van der Waals surface area contributed by atoms with E-state index in [2.05, 4.69) is 10.5 Å². The number of amides is 1. The highest BCUT2D eigenvalue weighted by molar-refractivity contribution is 6.42. The molecule has 0 atom stereocenters. The molecule has 0 saturated heterocycles. The zero-order valence-corrected chi connectivity index (χ0v) is 8.75. The van der Waals surface area contributed by atoms with Gasteiger partial charge in [0.25, 0.3) is 5.91 Å². The topological polar surface area (TPSA) is 61.7 Å². The molecule has 0 fully saturated rings. The first-order valence-electron chi connectivity index (χ1n) is 4.52. The van der Waals surface area contributed by atoms with Gasteiger partial charge in [0.1, 0.15) is 5.71 Å². The van der Waals surface area contributed by atoms with Crippen LogP contribution in [0.15, 0.2) is 29.4 Å². The van der Waals surface area contributed by atoms with E-state index in [0.717, 1.165) is 12.1 Å². The van der Waals surface area contributed by atoms with Gasteiger partial charge in [0, 0.05) is 5.69 Å². The maximum absolute atomic E-state index is 12.4. The first-order chi connectivity index (χ1) is 7.84. The van der Waals surface area contributed by atoms with Crippen molar-refractivity contribution < 1.29 is 23.2 Å². The fourth-order valence-electron chi connectivity index (χ4n) is 1.04. The lowest BCUT2D eigenvalue weighted by Gasteiger charge is -2.09. The van der Waals surface area contributed by atoms with Gasteiger partial charge in [-0.05, 0) is 25.1 Å². The number of benzene rings is 1. The van der Waals surface area contributed by atoms with Gasteiger partial charge in [-0.3, -0.25) is 4.79 Å². The van der Waals surface area contributed by atoms with Crippen LogP contribution < -0.4 is 5.32 Å². The molecule has 0 aliphatic heterocycles. The molecule has 0 spiro atoms. The molecular weight excluding hydrogens is 237 g/mol. The van der Waals surface area contributed by atoms with Crippen molar-refractivity contribution in [2.24, 2.45) is 5.16 Å². The highest BCUT2D eigenvalue weighted by Crippen LogP contribution is 2.30. The SMILES string of the molecule is CC(=NO)C(=O)Nc1cccc(C(F)(F)F)c1. The highest BCUT2D eigenvalue weighted by atomic mass is 19.4. The number of carbonyl (C=O) groups is 1. The molecule has 0 heterocycles. The summed E-state index contributed by atoms with van der Waals surface area (Å²) in [4.78, 5) is 11.2. The third kappa shape index (κ3) is 3.47. The molecule has 7 heteroatoms. The number of anilines is 1. The van der Waals surface area contributed by atoms with Crippen LogP contribution in [0.5, 0.6) is 0 Å². The number of carbonyl (C=O) groups excluding carboxylic acids is 1. The average molecular weight is 246 g/mol. The van der Waals surface area contributed by atoms with Gasteiger partial charge >= 0.3 is 6.18 Å².